The first-order valence-electron chi connectivity index (χ1n) is 7.86. The Morgan fingerprint density at radius 2 is 2.00 bits per heavy atom. The van der Waals surface area contributed by atoms with Crippen LogP contribution in [-0.2, 0) is 16.0 Å². The van der Waals surface area contributed by atoms with Crippen LogP contribution in [0.25, 0.3) is 0 Å². The number of hydrogen-bond acceptors (Lipinski definition) is 3. The van der Waals surface area contributed by atoms with E-state index in [2.05, 4.69) is 0 Å². The molecule has 1 aromatic rings. The molecule has 118 valence electrons. The molecule has 3 rings (SSSR count). The van der Waals surface area contributed by atoms with E-state index in [0.29, 0.717) is 12.8 Å². The van der Waals surface area contributed by atoms with Crippen LogP contribution < -0.4 is 0 Å². The van der Waals surface area contributed by atoms with Crippen LogP contribution in [-0.4, -0.2) is 39.1 Å². The van der Waals surface area contributed by atoms with E-state index in [-0.39, 0.29) is 23.6 Å². The maximum atomic E-state index is 13.0. The fraction of sp³-hybridized carbons (Fsp3) is 0.529. The van der Waals surface area contributed by atoms with Gasteiger partial charge in [-0.1, -0.05) is 12.1 Å². The SMILES string of the molecule is C[C@@H]1CC[C@H](C(=O)O)N1C(=O)C1CCCc2c(O)cccc21. The number of phenols is 1. The Labute approximate surface area is 129 Å². The number of carboxylic acid groups (broad SMARTS) is 1. The van der Waals surface area contributed by atoms with Crippen LogP contribution in [0, 0.1) is 0 Å². The Morgan fingerprint density at radius 3 is 2.73 bits per heavy atom. The van der Waals surface area contributed by atoms with Crippen molar-refractivity contribution in [3.05, 3.63) is 29.3 Å². The number of benzene rings is 1. The fourth-order valence-electron chi connectivity index (χ4n) is 3.86. The summed E-state index contributed by atoms with van der Waals surface area (Å²) in [6.07, 6.45) is 3.56. The zero-order valence-electron chi connectivity index (χ0n) is 12.7. The molecule has 5 nitrogen and oxygen atoms in total. The van der Waals surface area contributed by atoms with E-state index in [0.717, 1.165) is 30.4 Å². The molecule has 5 heteroatoms. The van der Waals surface area contributed by atoms with Crippen molar-refractivity contribution >= 4 is 11.9 Å². The minimum atomic E-state index is -0.926. The lowest BCUT2D eigenvalue weighted by Crippen LogP contribution is -2.46. The fourth-order valence-corrected chi connectivity index (χ4v) is 3.86. The third-order valence-electron chi connectivity index (χ3n) is 4.99. The van der Waals surface area contributed by atoms with Gasteiger partial charge in [0.15, 0.2) is 0 Å². The van der Waals surface area contributed by atoms with Crippen LogP contribution in [0.3, 0.4) is 0 Å². The minimum Gasteiger partial charge on any atom is -0.508 e. The molecule has 1 aliphatic heterocycles. The van der Waals surface area contributed by atoms with Gasteiger partial charge in [0.1, 0.15) is 11.8 Å². The molecular weight excluding hydrogens is 282 g/mol. The highest BCUT2D eigenvalue weighted by atomic mass is 16.4. The van der Waals surface area contributed by atoms with E-state index in [1.54, 1.807) is 17.0 Å². The van der Waals surface area contributed by atoms with E-state index in [1.165, 1.54) is 0 Å². The van der Waals surface area contributed by atoms with Gasteiger partial charge in [-0.25, -0.2) is 4.79 Å². The van der Waals surface area contributed by atoms with E-state index in [1.807, 2.05) is 13.0 Å². The normalized spacial score (nSPS) is 27.5. The highest BCUT2D eigenvalue weighted by Gasteiger charge is 2.42. The molecule has 1 amide bonds. The topological polar surface area (TPSA) is 77.8 Å². The summed E-state index contributed by atoms with van der Waals surface area (Å²) in [5, 5.41) is 19.3. The predicted molar refractivity (Wildman–Crippen MR) is 80.8 cm³/mol. The molecule has 1 heterocycles. The molecule has 2 aliphatic rings. The summed E-state index contributed by atoms with van der Waals surface area (Å²) >= 11 is 0. The summed E-state index contributed by atoms with van der Waals surface area (Å²) in [6, 6.07) is 4.51. The van der Waals surface area contributed by atoms with Crippen LogP contribution in [0.15, 0.2) is 18.2 Å². The molecule has 1 saturated heterocycles. The van der Waals surface area contributed by atoms with E-state index in [9.17, 15) is 19.8 Å². The average Bonchev–Trinajstić information content (AvgIpc) is 2.88. The number of carbonyl (C=O) groups is 2. The Bertz CT molecular complexity index is 613. The zero-order chi connectivity index (χ0) is 15.9. The molecule has 22 heavy (non-hydrogen) atoms. The van der Waals surface area contributed by atoms with Crippen LogP contribution in [0.4, 0.5) is 0 Å². The molecule has 1 unspecified atom stereocenters. The van der Waals surface area contributed by atoms with Gasteiger partial charge < -0.3 is 15.1 Å². The quantitative estimate of drug-likeness (QED) is 0.878. The van der Waals surface area contributed by atoms with Crippen molar-refractivity contribution in [2.24, 2.45) is 0 Å². The maximum absolute atomic E-state index is 13.0. The second kappa shape index (κ2) is 5.63. The number of hydrogen-bond donors (Lipinski definition) is 2. The maximum Gasteiger partial charge on any atom is 0.326 e. The number of phenolic OH excluding ortho intramolecular Hbond substituents is 1. The molecule has 0 aromatic heterocycles. The van der Waals surface area contributed by atoms with Crippen LogP contribution in [0.5, 0.6) is 5.75 Å². The lowest BCUT2D eigenvalue weighted by atomic mass is 9.81. The first-order valence-corrected chi connectivity index (χ1v) is 7.86. The van der Waals surface area contributed by atoms with Crippen LogP contribution in [0.2, 0.25) is 0 Å². The van der Waals surface area contributed by atoms with Gasteiger partial charge in [0, 0.05) is 6.04 Å². The highest BCUT2D eigenvalue weighted by Crippen LogP contribution is 2.39. The number of carboxylic acids is 1. The van der Waals surface area contributed by atoms with E-state index < -0.39 is 12.0 Å². The smallest absolute Gasteiger partial charge is 0.326 e. The van der Waals surface area contributed by atoms with Crippen molar-refractivity contribution in [2.45, 2.75) is 57.0 Å². The average molecular weight is 303 g/mol. The number of aliphatic carboxylic acids is 1. The highest BCUT2D eigenvalue weighted by molar-refractivity contribution is 5.89. The van der Waals surface area contributed by atoms with Gasteiger partial charge in [0.25, 0.3) is 0 Å². The molecular formula is C17H21NO4. The summed E-state index contributed by atoms with van der Waals surface area (Å²) in [5.41, 5.74) is 1.70. The Balaban J connectivity index is 1.94. The van der Waals surface area contributed by atoms with Crippen molar-refractivity contribution < 1.29 is 19.8 Å². The Morgan fingerprint density at radius 1 is 1.23 bits per heavy atom. The van der Waals surface area contributed by atoms with Gasteiger partial charge >= 0.3 is 5.97 Å². The first kappa shape index (κ1) is 14.9. The predicted octanol–water partition coefficient (Wildman–Crippen LogP) is 2.28. The van der Waals surface area contributed by atoms with Crippen molar-refractivity contribution in [3.8, 4) is 5.75 Å². The lowest BCUT2D eigenvalue weighted by molar-refractivity contribution is -0.150. The van der Waals surface area contributed by atoms with Gasteiger partial charge in [-0.05, 0) is 56.2 Å². The molecule has 0 saturated carbocycles. The van der Waals surface area contributed by atoms with Crippen molar-refractivity contribution in [3.63, 3.8) is 0 Å². The van der Waals surface area contributed by atoms with Crippen molar-refractivity contribution in [1.82, 2.24) is 4.90 Å². The molecule has 0 bridgehead atoms. The molecule has 1 aliphatic carbocycles. The second-order valence-corrected chi connectivity index (χ2v) is 6.32. The van der Waals surface area contributed by atoms with E-state index >= 15 is 0 Å². The van der Waals surface area contributed by atoms with Gasteiger partial charge in [-0.3, -0.25) is 4.79 Å². The van der Waals surface area contributed by atoms with Crippen molar-refractivity contribution in [2.75, 3.05) is 0 Å². The van der Waals surface area contributed by atoms with Crippen LogP contribution >= 0.6 is 0 Å². The zero-order valence-corrected chi connectivity index (χ0v) is 12.7. The Kier molecular flexibility index (Phi) is 3.81. The van der Waals surface area contributed by atoms with Gasteiger partial charge in [0.05, 0.1) is 5.92 Å². The number of rotatable bonds is 2. The number of aromatic hydroxyl groups is 1. The van der Waals surface area contributed by atoms with Gasteiger partial charge in [0.2, 0.25) is 5.91 Å². The second-order valence-electron chi connectivity index (χ2n) is 6.32. The monoisotopic (exact) mass is 303 g/mol. The van der Waals surface area contributed by atoms with Gasteiger partial charge in [-0.2, -0.15) is 0 Å². The van der Waals surface area contributed by atoms with Gasteiger partial charge in [-0.15, -0.1) is 0 Å². The molecule has 3 atom stereocenters. The van der Waals surface area contributed by atoms with E-state index in [4.69, 9.17) is 0 Å². The Hall–Kier alpha value is -2.04. The summed E-state index contributed by atoms with van der Waals surface area (Å²) in [5.74, 6) is -1.13. The standard InChI is InChI=1S/C17H21NO4/c1-10-8-9-14(17(21)22)18(10)16(20)13-6-2-5-12-11(13)4-3-7-15(12)19/h3-4,7,10,13-14,19H,2,5-6,8-9H2,1H3,(H,21,22)/t10-,13?,14-/m1/s1. The number of nitrogens with zero attached hydrogens (tertiary/aromatic N) is 1. The minimum absolute atomic E-state index is 0.0451. The summed E-state index contributed by atoms with van der Waals surface area (Å²) in [6.45, 7) is 1.91. The summed E-state index contributed by atoms with van der Waals surface area (Å²) < 4.78 is 0. The molecule has 0 radical (unpaired) electrons. The van der Waals surface area contributed by atoms with Crippen molar-refractivity contribution in [1.29, 1.82) is 0 Å². The molecule has 1 fully saturated rings. The summed E-state index contributed by atoms with van der Waals surface area (Å²) in [7, 11) is 0. The third kappa shape index (κ3) is 2.34. The number of carbonyl (C=O) groups excluding carboxylic acids is 1. The molecule has 1 aromatic carbocycles. The third-order valence-corrected chi connectivity index (χ3v) is 4.99. The lowest BCUT2D eigenvalue weighted by Gasteiger charge is -2.33. The molecule has 2 N–H and O–H groups in total. The summed E-state index contributed by atoms with van der Waals surface area (Å²) in [4.78, 5) is 25.9. The molecule has 0 spiro atoms. The number of amides is 1. The van der Waals surface area contributed by atoms with Crippen LogP contribution in [0.1, 0.15) is 49.7 Å². The first-order chi connectivity index (χ1) is 10.5. The number of likely N-dealkylation sites (tertiary alicyclic amines) is 1. The number of fused-ring (bicyclic) bond motifs is 1. The largest absolute Gasteiger partial charge is 0.508 e.